The van der Waals surface area contributed by atoms with Gasteiger partial charge in [0.25, 0.3) is 0 Å². The monoisotopic (exact) mass is 249 g/mol. The average molecular weight is 250 g/mol. The highest BCUT2D eigenvalue weighted by Crippen LogP contribution is 2.19. The van der Waals surface area contributed by atoms with E-state index >= 15 is 0 Å². The number of aromatic nitrogens is 1. The molecule has 1 aromatic heterocycles. The fourth-order valence-electron chi connectivity index (χ4n) is 1.50. The molecule has 0 bridgehead atoms. The highest BCUT2D eigenvalue weighted by molar-refractivity contribution is 6.31. The number of benzene rings is 1. The van der Waals surface area contributed by atoms with Gasteiger partial charge in [0, 0.05) is 16.8 Å². The second-order valence-corrected chi connectivity index (χ2v) is 4.06. The molecule has 0 amide bonds. The zero-order chi connectivity index (χ0) is 12.4. The van der Waals surface area contributed by atoms with Gasteiger partial charge < -0.3 is 0 Å². The highest BCUT2D eigenvalue weighted by atomic mass is 35.5. The van der Waals surface area contributed by atoms with Crippen LogP contribution in [-0.2, 0) is 0 Å². The predicted molar refractivity (Wildman–Crippen MR) is 63.8 cm³/mol. The lowest BCUT2D eigenvalue weighted by atomic mass is 10.0. The average Bonchev–Trinajstić information content (AvgIpc) is 2.32. The Bertz CT molecular complexity index is 583. The van der Waals surface area contributed by atoms with Crippen molar-refractivity contribution in [3.63, 3.8) is 0 Å². The van der Waals surface area contributed by atoms with Gasteiger partial charge in [0.05, 0.1) is 11.8 Å². The third kappa shape index (κ3) is 2.34. The quantitative estimate of drug-likeness (QED) is 0.764. The molecule has 0 aliphatic heterocycles. The third-order valence-electron chi connectivity index (χ3n) is 2.44. The molecular formula is C13H9ClFNO. The molecule has 2 aromatic rings. The van der Waals surface area contributed by atoms with Crippen molar-refractivity contribution in [1.29, 1.82) is 0 Å². The minimum Gasteiger partial charge on any atom is -0.288 e. The van der Waals surface area contributed by atoms with Crippen molar-refractivity contribution in [1.82, 2.24) is 4.98 Å². The number of carbonyl (C=O) groups excluding carboxylic acids is 1. The minimum atomic E-state index is -0.620. The zero-order valence-electron chi connectivity index (χ0n) is 9.08. The first-order chi connectivity index (χ1) is 8.09. The van der Waals surface area contributed by atoms with Crippen LogP contribution in [0.1, 0.15) is 21.5 Å². The highest BCUT2D eigenvalue weighted by Gasteiger charge is 2.14. The summed E-state index contributed by atoms with van der Waals surface area (Å²) in [6.45, 7) is 1.79. The summed E-state index contributed by atoms with van der Waals surface area (Å²) in [4.78, 5) is 15.6. The van der Waals surface area contributed by atoms with Crippen LogP contribution in [0.5, 0.6) is 0 Å². The van der Waals surface area contributed by atoms with E-state index in [0.717, 1.165) is 11.8 Å². The normalized spacial score (nSPS) is 10.3. The van der Waals surface area contributed by atoms with Gasteiger partial charge in [-0.05, 0) is 36.8 Å². The van der Waals surface area contributed by atoms with E-state index in [0.29, 0.717) is 10.6 Å². The van der Waals surface area contributed by atoms with Gasteiger partial charge in [-0.25, -0.2) is 4.39 Å². The first kappa shape index (κ1) is 11.7. The molecule has 0 unspecified atom stereocenters. The number of rotatable bonds is 2. The molecule has 0 saturated heterocycles. The van der Waals surface area contributed by atoms with Crippen LogP contribution in [0.2, 0.25) is 5.02 Å². The molecular weight excluding hydrogens is 241 g/mol. The van der Waals surface area contributed by atoms with E-state index < -0.39 is 5.82 Å². The topological polar surface area (TPSA) is 30.0 Å². The molecule has 1 heterocycles. The number of ketones is 1. The number of carbonyl (C=O) groups is 1. The van der Waals surface area contributed by atoms with Crippen molar-refractivity contribution < 1.29 is 9.18 Å². The molecule has 0 spiro atoms. The number of hydrogen-bond donors (Lipinski definition) is 0. The molecule has 2 nitrogen and oxygen atoms in total. The van der Waals surface area contributed by atoms with Crippen LogP contribution in [-0.4, -0.2) is 10.8 Å². The number of hydrogen-bond acceptors (Lipinski definition) is 2. The largest absolute Gasteiger partial charge is 0.288 e. The van der Waals surface area contributed by atoms with Crippen molar-refractivity contribution in [3.8, 4) is 0 Å². The van der Waals surface area contributed by atoms with Crippen LogP contribution in [0.4, 0.5) is 4.39 Å². The minimum absolute atomic E-state index is 0.0155. The van der Waals surface area contributed by atoms with Crippen molar-refractivity contribution in [2.24, 2.45) is 0 Å². The van der Waals surface area contributed by atoms with E-state index in [-0.39, 0.29) is 11.3 Å². The van der Waals surface area contributed by atoms with Gasteiger partial charge in [-0.15, -0.1) is 0 Å². The summed E-state index contributed by atoms with van der Waals surface area (Å²) in [6.07, 6.45) is 2.41. The molecule has 0 fully saturated rings. The smallest absolute Gasteiger partial charge is 0.196 e. The summed E-state index contributed by atoms with van der Waals surface area (Å²) in [5.41, 5.74) is 1.21. The summed E-state index contributed by atoms with van der Waals surface area (Å²) in [5, 5.41) is 0.580. The first-order valence-electron chi connectivity index (χ1n) is 5.00. The first-order valence-corrected chi connectivity index (χ1v) is 5.38. The summed E-state index contributed by atoms with van der Waals surface area (Å²) in [6, 6.07) is 6.22. The summed E-state index contributed by atoms with van der Waals surface area (Å²) >= 11 is 5.87. The molecule has 0 N–H and O–H groups in total. The van der Waals surface area contributed by atoms with Gasteiger partial charge in [-0.2, -0.15) is 0 Å². The second-order valence-electron chi connectivity index (χ2n) is 3.65. The van der Waals surface area contributed by atoms with E-state index in [9.17, 15) is 9.18 Å². The van der Waals surface area contributed by atoms with Crippen molar-refractivity contribution in [2.75, 3.05) is 0 Å². The summed E-state index contributed by atoms with van der Waals surface area (Å²) in [7, 11) is 0. The van der Waals surface area contributed by atoms with E-state index in [1.165, 1.54) is 12.3 Å². The Labute approximate surface area is 103 Å². The molecule has 86 valence electrons. The lowest BCUT2D eigenvalue weighted by Gasteiger charge is -2.04. The van der Waals surface area contributed by atoms with Crippen LogP contribution < -0.4 is 0 Å². The SMILES string of the molecule is Cc1cc(C(=O)c2ccncc2F)ccc1Cl. The Morgan fingerprint density at radius 2 is 2.12 bits per heavy atom. The van der Waals surface area contributed by atoms with E-state index in [1.807, 2.05) is 0 Å². The van der Waals surface area contributed by atoms with Gasteiger partial charge in [-0.3, -0.25) is 9.78 Å². The van der Waals surface area contributed by atoms with Crippen LogP contribution in [0.15, 0.2) is 36.7 Å². The molecule has 2 rings (SSSR count). The third-order valence-corrected chi connectivity index (χ3v) is 2.86. The Hall–Kier alpha value is -1.74. The maximum Gasteiger partial charge on any atom is 0.196 e. The maximum atomic E-state index is 13.4. The Kier molecular flexibility index (Phi) is 3.20. The Morgan fingerprint density at radius 1 is 1.35 bits per heavy atom. The lowest BCUT2D eigenvalue weighted by molar-refractivity contribution is 0.103. The maximum absolute atomic E-state index is 13.4. The standard InChI is InChI=1S/C13H9ClFNO/c1-8-6-9(2-3-11(8)14)13(17)10-4-5-16-7-12(10)15/h2-7H,1H3. The van der Waals surface area contributed by atoms with Crippen molar-refractivity contribution in [2.45, 2.75) is 6.92 Å². The van der Waals surface area contributed by atoms with Crippen LogP contribution in [0, 0.1) is 12.7 Å². The molecule has 0 atom stereocenters. The lowest BCUT2D eigenvalue weighted by Crippen LogP contribution is -2.04. The number of pyridine rings is 1. The zero-order valence-corrected chi connectivity index (χ0v) is 9.83. The van der Waals surface area contributed by atoms with Gasteiger partial charge in [0.1, 0.15) is 0 Å². The van der Waals surface area contributed by atoms with Crippen LogP contribution >= 0.6 is 11.6 Å². The number of halogens is 2. The van der Waals surface area contributed by atoms with E-state index in [2.05, 4.69) is 4.98 Å². The molecule has 4 heteroatoms. The van der Waals surface area contributed by atoms with Gasteiger partial charge in [-0.1, -0.05) is 11.6 Å². The fourth-order valence-corrected chi connectivity index (χ4v) is 1.62. The molecule has 17 heavy (non-hydrogen) atoms. The Morgan fingerprint density at radius 3 is 2.76 bits per heavy atom. The fraction of sp³-hybridized carbons (Fsp3) is 0.0769. The van der Waals surface area contributed by atoms with E-state index in [4.69, 9.17) is 11.6 Å². The van der Waals surface area contributed by atoms with Gasteiger partial charge in [0.2, 0.25) is 0 Å². The van der Waals surface area contributed by atoms with Crippen molar-refractivity contribution >= 4 is 17.4 Å². The van der Waals surface area contributed by atoms with E-state index in [1.54, 1.807) is 25.1 Å². The number of nitrogens with zero attached hydrogens (tertiary/aromatic N) is 1. The number of aryl methyl sites for hydroxylation is 1. The summed E-state index contributed by atoms with van der Waals surface area (Å²) < 4.78 is 13.4. The molecule has 0 aliphatic rings. The summed E-state index contributed by atoms with van der Waals surface area (Å²) in [5.74, 6) is -0.991. The van der Waals surface area contributed by atoms with Gasteiger partial charge >= 0.3 is 0 Å². The Balaban J connectivity index is 2.44. The van der Waals surface area contributed by atoms with Crippen LogP contribution in [0.3, 0.4) is 0 Å². The molecule has 1 aromatic carbocycles. The second kappa shape index (κ2) is 4.63. The molecule has 0 radical (unpaired) electrons. The van der Waals surface area contributed by atoms with Gasteiger partial charge in [0.15, 0.2) is 11.6 Å². The predicted octanol–water partition coefficient (Wildman–Crippen LogP) is 3.41. The molecule has 0 aliphatic carbocycles. The van der Waals surface area contributed by atoms with Crippen LogP contribution in [0.25, 0.3) is 0 Å². The molecule has 0 saturated carbocycles. The van der Waals surface area contributed by atoms with Crippen molar-refractivity contribution in [3.05, 3.63) is 64.2 Å².